The average molecular weight is 354 g/mol. The Morgan fingerprint density at radius 3 is 2.43 bits per heavy atom. The van der Waals surface area contributed by atoms with Gasteiger partial charge in [-0.25, -0.2) is 4.79 Å². The summed E-state index contributed by atoms with van der Waals surface area (Å²) < 4.78 is 10.2. The Balaban J connectivity index is 1.86. The summed E-state index contributed by atoms with van der Waals surface area (Å²) in [5, 5.41) is 0.642. The number of thiophene rings is 1. The molecule has 0 spiro atoms. The zero-order chi connectivity index (χ0) is 16.8. The summed E-state index contributed by atoms with van der Waals surface area (Å²) >= 11 is 6.91. The maximum absolute atomic E-state index is 12.3. The Morgan fingerprint density at radius 2 is 1.78 bits per heavy atom. The molecule has 0 saturated heterocycles. The molecule has 1 heterocycles. The van der Waals surface area contributed by atoms with Crippen molar-refractivity contribution in [3.8, 4) is 5.75 Å². The highest BCUT2D eigenvalue weighted by Crippen LogP contribution is 2.19. The van der Waals surface area contributed by atoms with Crippen LogP contribution in [-0.4, -0.2) is 44.1 Å². The monoisotopic (exact) mass is 353 g/mol. The van der Waals surface area contributed by atoms with Crippen LogP contribution < -0.4 is 4.74 Å². The van der Waals surface area contributed by atoms with E-state index in [2.05, 4.69) is 4.74 Å². The lowest BCUT2D eigenvalue weighted by molar-refractivity contribution is 0.0606. The van der Waals surface area contributed by atoms with Crippen LogP contribution in [-0.2, 0) is 4.74 Å². The standard InChI is InChI=1S/C16H16ClNO4S/c1-18(9-10-22-12-5-3-11(17)4-6-12)15(19)13-7-8-14(23-13)16(20)21-2/h3-8H,9-10H2,1-2H3. The van der Waals surface area contributed by atoms with Crippen molar-refractivity contribution in [1.29, 1.82) is 0 Å². The summed E-state index contributed by atoms with van der Waals surface area (Å²) in [6.45, 7) is 0.784. The lowest BCUT2D eigenvalue weighted by Crippen LogP contribution is -2.30. The number of methoxy groups -OCH3 is 1. The van der Waals surface area contributed by atoms with E-state index in [9.17, 15) is 9.59 Å². The lowest BCUT2D eigenvalue weighted by Gasteiger charge is -2.16. The number of nitrogens with zero attached hydrogens (tertiary/aromatic N) is 1. The van der Waals surface area contributed by atoms with Gasteiger partial charge in [-0.2, -0.15) is 0 Å². The maximum atomic E-state index is 12.3. The molecule has 0 fully saturated rings. The second kappa shape index (κ2) is 7.99. The fourth-order valence-corrected chi connectivity index (χ4v) is 2.83. The number of carbonyl (C=O) groups is 2. The minimum atomic E-state index is -0.442. The Hall–Kier alpha value is -2.05. The first-order valence-corrected chi connectivity index (χ1v) is 8.02. The summed E-state index contributed by atoms with van der Waals surface area (Å²) in [6, 6.07) is 10.2. The molecule has 0 aliphatic rings. The molecule has 1 aromatic carbocycles. The second-order valence-corrected chi connectivity index (χ2v) is 6.20. The van der Waals surface area contributed by atoms with Crippen molar-refractivity contribution < 1.29 is 19.1 Å². The van der Waals surface area contributed by atoms with Gasteiger partial charge in [0.2, 0.25) is 0 Å². The highest BCUT2D eigenvalue weighted by molar-refractivity contribution is 7.15. The Kier molecular flexibility index (Phi) is 6.01. The van der Waals surface area contributed by atoms with Crippen molar-refractivity contribution in [2.45, 2.75) is 0 Å². The molecule has 0 radical (unpaired) electrons. The van der Waals surface area contributed by atoms with Crippen LogP contribution in [0.4, 0.5) is 0 Å². The van der Waals surface area contributed by atoms with Crippen LogP contribution in [0.15, 0.2) is 36.4 Å². The van der Waals surface area contributed by atoms with Gasteiger partial charge in [-0.05, 0) is 36.4 Å². The Bertz CT molecular complexity index is 684. The highest BCUT2D eigenvalue weighted by Gasteiger charge is 2.17. The Labute approximate surface area is 143 Å². The predicted octanol–water partition coefficient (Wildman–Crippen LogP) is 3.34. The molecule has 0 aliphatic heterocycles. The van der Waals surface area contributed by atoms with Gasteiger partial charge in [0.25, 0.3) is 5.91 Å². The van der Waals surface area contributed by atoms with E-state index in [1.807, 2.05) is 0 Å². The molecular formula is C16H16ClNO4S. The Morgan fingerprint density at radius 1 is 1.13 bits per heavy atom. The molecule has 1 amide bonds. The van der Waals surface area contributed by atoms with Crippen LogP contribution in [0.25, 0.3) is 0 Å². The molecular weight excluding hydrogens is 338 g/mol. The molecule has 23 heavy (non-hydrogen) atoms. The molecule has 0 atom stereocenters. The molecule has 0 N–H and O–H groups in total. The minimum absolute atomic E-state index is 0.162. The van der Waals surface area contributed by atoms with Crippen LogP contribution in [0.1, 0.15) is 19.3 Å². The molecule has 0 bridgehead atoms. The summed E-state index contributed by atoms with van der Waals surface area (Å²) in [5.74, 6) is 0.0898. The van der Waals surface area contributed by atoms with Crippen molar-refractivity contribution in [2.24, 2.45) is 0 Å². The van der Waals surface area contributed by atoms with E-state index in [0.29, 0.717) is 33.7 Å². The summed E-state index contributed by atoms with van der Waals surface area (Å²) in [5.41, 5.74) is 0. The zero-order valence-electron chi connectivity index (χ0n) is 12.7. The predicted molar refractivity (Wildman–Crippen MR) is 89.6 cm³/mol. The van der Waals surface area contributed by atoms with Gasteiger partial charge >= 0.3 is 5.97 Å². The van der Waals surface area contributed by atoms with Crippen molar-refractivity contribution in [1.82, 2.24) is 4.90 Å². The van der Waals surface area contributed by atoms with Crippen LogP contribution in [0.2, 0.25) is 5.02 Å². The van der Waals surface area contributed by atoms with Gasteiger partial charge in [-0.1, -0.05) is 11.6 Å². The average Bonchev–Trinajstić information content (AvgIpc) is 3.05. The molecule has 0 unspecified atom stereocenters. The van der Waals surface area contributed by atoms with Crippen molar-refractivity contribution >= 4 is 34.8 Å². The number of hydrogen-bond donors (Lipinski definition) is 0. The summed E-state index contributed by atoms with van der Waals surface area (Å²) in [4.78, 5) is 26.1. The van der Waals surface area contributed by atoms with Gasteiger partial charge < -0.3 is 14.4 Å². The second-order valence-electron chi connectivity index (χ2n) is 4.68. The summed E-state index contributed by atoms with van der Waals surface area (Å²) in [7, 11) is 2.99. The van der Waals surface area contributed by atoms with E-state index in [1.54, 1.807) is 48.3 Å². The number of likely N-dealkylation sites (N-methyl/N-ethyl adjacent to an activating group) is 1. The molecule has 0 aliphatic carbocycles. The van der Waals surface area contributed by atoms with Crippen molar-refractivity contribution in [3.63, 3.8) is 0 Å². The molecule has 1 aromatic heterocycles. The molecule has 0 saturated carbocycles. The van der Waals surface area contributed by atoms with Crippen molar-refractivity contribution in [2.75, 3.05) is 27.3 Å². The number of amides is 1. The maximum Gasteiger partial charge on any atom is 0.348 e. The highest BCUT2D eigenvalue weighted by atomic mass is 35.5. The first-order chi connectivity index (χ1) is 11.0. The first-order valence-electron chi connectivity index (χ1n) is 6.83. The van der Waals surface area contributed by atoms with E-state index in [0.717, 1.165) is 11.3 Å². The number of benzene rings is 1. The number of esters is 1. The van der Waals surface area contributed by atoms with Crippen LogP contribution >= 0.6 is 22.9 Å². The van der Waals surface area contributed by atoms with Gasteiger partial charge in [0.15, 0.2) is 0 Å². The molecule has 7 heteroatoms. The van der Waals surface area contributed by atoms with Gasteiger partial charge in [0, 0.05) is 12.1 Å². The normalized spacial score (nSPS) is 10.2. The first kappa shape index (κ1) is 17.3. The van der Waals surface area contributed by atoms with Gasteiger partial charge in [-0.3, -0.25) is 4.79 Å². The van der Waals surface area contributed by atoms with Crippen molar-refractivity contribution in [3.05, 3.63) is 51.2 Å². The fourth-order valence-electron chi connectivity index (χ4n) is 1.78. The number of rotatable bonds is 6. The van der Waals surface area contributed by atoms with E-state index in [1.165, 1.54) is 7.11 Å². The van der Waals surface area contributed by atoms with Gasteiger partial charge in [-0.15, -0.1) is 11.3 Å². The zero-order valence-corrected chi connectivity index (χ0v) is 14.3. The van der Waals surface area contributed by atoms with Crippen LogP contribution in [0.3, 0.4) is 0 Å². The fraction of sp³-hybridized carbons (Fsp3) is 0.250. The van der Waals surface area contributed by atoms with E-state index >= 15 is 0 Å². The van der Waals surface area contributed by atoms with Crippen LogP contribution in [0, 0.1) is 0 Å². The molecule has 122 valence electrons. The number of carbonyl (C=O) groups excluding carboxylic acids is 2. The van der Waals surface area contributed by atoms with E-state index in [4.69, 9.17) is 16.3 Å². The lowest BCUT2D eigenvalue weighted by atomic mass is 10.3. The van der Waals surface area contributed by atoms with Gasteiger partial charge in [0.1, 0.15) is 17.2 Å². The number of ether oxygens (including phenoxy) is 2. The molecule has 5 nitrogen and oxygen atoms in total. The SMILES string of the molecule is COC(=O)c1ccc(C(=O)N(C)CCOc2ccc(Cl)cc2)s1. The van der Waals surface area contributed by atoms with E-state index < -0.39 is 5.97 Å². The third-order valence-corrected chi connectivity index (χ3v) is 4.36. The topological polar surface area (TPSA) is 55.8 Å². The largest absolute Gasteiger partial charge is 0.492 e. The van der Waals surface area contributed by atoms with Crippen LogP contribution in [0.5, 0.6) is 5.75 Å². The van der Waals surface area contributed by atoms with Gasteiger partial charge in [0.05, 0.1) is 18.5 Å². The van der Waals surface area contributed by atoms with E-state index in [-0.39, 0.29) is 5.91 Å². The third kappa shape index (κ3) is 4.71. The summed E-state index contributed by atoms with van der Waals surface area (Å²) in [6.07, 6.45) is 0. The number of halogens is 1. The smallest absolute Gasteiger partial charge is 0.348 e. The third-order valence-electron chi connectivity index (χ3n) is 3.06. The minimum Gasteiger partial charge on any atom is -0.492 e. The molecule has 2 aromatic rings. The number of hydrogen-bond acceptors (Lipinski definition) is 5. The quantitative estimate of drug-likeness (QED) is 0.747. The molecule has 2 rings (SSSR count).